The van der Waals surface area contributed by atoms with Gasteiger partial charge in [0.1, 0.15) is 4.21 Å². The van der Waals surface area contributed by atoms with Crippen LogP contribution in [0.25, 0.3) is 0 Å². The van der Waals surface area contributed by atoms with Crippen molar-refractivity contribution >= 4 is 49.6 Å². The minimum absolute atomic E-state index is 0.331. The topological polar surface area (TPSA) is 58.2 Å². The van der Waals surface area contributed by atoms with Gasteiger partial charge in [-0.2, -0.15) is 0 Å². The smallest absolute Gasteiger partial charge is 0.271 e. The zero-order chi connectivity index (χ0) is 13.9. The molecule has 1 aromatic heterocycles. The van der Waals surface area contributed by atoms with Crippen molar-refractivity contribution in [1.82, 2.24) is 5.32 Å². The summed E-state index contributed by atoms with van der Waals surface area (Å²) in [4.78, 5) is 0.991. The third-order valence-electron chi connectivity index (χ3n) is 2.37. The molecule has 0 bridgehead atoms. The van der Waals surface area contributed by atoms with Crippen molar-refractivity contribution in [1.29, 1.82) is 0 Å². The fourth-order valence-corrected chi connectivity index (χ4v) is 4.66. The predicted octanol–water partition coefficient (Wildman–Crippen LogP) is 2.87. The SMILES string of the molecule is CNCc1ccc(S(=O)(=O)Nc2ccccc2I)s1. The number of halogens is 1. The number of sulfonamides is 1. The highest BCUT2D eigenvalue weighted by molar-refractivity contribution is 14.1. The average molecular weight is 408 g/mol. The highest BCUT2D eigenvalue weighted by Crippen LogP contribution is 2.26. The average Bonchev–Trinajstić information content (AvgIpc) is 2.82. The summed E-state index contributed by atoms with van der Waals surface area (Å²) in [5, 5.41) is 3.00. The molecule has 4 nitrogen and oxygen atoms in total. The van der Waals surface area contributed by atoms with Crippen molar-refractivity contribution in [3.63, 3.8) is 0 Å². The van der Waals surface area contributed by atoms with Crippen molar-refractivity contribution in [2.45, 2.75) is 10.8 Å². The van der Waals surface area contributed by atoms with E-state index >= 15 is 0 Å². The van der Waals surface area contributed by atoms with Crippen LogP contribution in [0.4, 0.5) is 5.69 Å². The van der Waals surface area contributed by atoms with E-state index in [2.05, 4.69) is 32.6 Å². The molecule has 0 unspecified atom stereocenters. The molecular weight excluding hydrogens is 395 g/mol. The van der Waals surface area contributed by atoms with E-state index in [0.29, 0.717) is 16.4 Å². The molecule has 0 saturated carbocycles. The molecule has 0 radical (unpaired) electrons. The van der Waals surface area contributed by atoms with Crippen molar-refractivity contribution < 1.29 is 8.42 Å². The fourth-order valence-electron chi connectivity index (χ4n) is 1.51. The number of hydrogen-bond donors (Lipinski definition) is 2. The number of anilines is 1. The monoisotopic (exact) mass is 408 g/mol. The fraction of sp³-hybridized carbons (Fsp3) is 0.167. The molecule has 0 atom stereocenters. The maximum atomic E-state index is 12.2. The van der Waals surface area contributed by atoms with Gasteiger partial charge in [-0.05, 0) is 53.9 Å². The molecule has 102 valence electrons. The minimum Gasteiger partial charge on any atom is -0.315 e. The van der Waals surface area contributed by atoms with Crippen molar-refractivity contribution in [2.75, 3.05) is 11.8 Å². The van der Waals surface area contributed by atoms with Gasteiger partial charge in [-0.3, -0.25) is 4.72 Å². The third-order valence-corrected chi connectivity index (χ3v) is 6.25. The third kappa shape index (κ3) is 3.68. The molecule has 2 N–H and O–H groups in total. The molecular formula is C12H13IN2O2S2. The number of rotatable bonds is 5. The normalized spacial score (nSPS) is 11.5. The Morgan fingerprint density at radius 2 is 1.95 bits per heavy atom. The predicted molar refractivity (Wildman–Crippen MR) is 87.1 cm³/mol. The van der Waals surface area contributed by atoms with E-state index in [4.69, 9.17) is 0 Å². The zero-order valence-corrected chi connectivity index (χ0v) is 14.0. The lowest BCUT2D eigenvalue weighted by Gasteiger charge is -2.07. The summed E-state index contributed by atoms with van der Waals surface area (Å²) in [6, 6.07) is 10.7. The largest absolute Gasteiger partial charge is 0.315 e. The molecule has 1 aromatic carbocycles. The first-order valence-electron chi connectivity index (χ1n) is 5.53. The quantitative estimate of drug-likeness (QED) is 0.749. The molecule has 2 aromatic rings. The number of hydrogen-bond acceptors (Lipinski definition) is 4. The Morgan fingerprint density at radius 1 is 1.21 bits per heavy atom. The van der Waals surface area contributed by atoms with Gasteiger partial charge in [0, 0.05) is 15.0 Å². The summed E-state index contributed by atoms with van der Waals surface area (Å²) >= 11 is 3.38. The highest BCUT2D eigenvalue weighted by atomic mass is 127. The van der Waals surface area contributed by atoms with Crippen molar-refractivity contribution in [3.05, 3.63) is 44.8 Å². The van der Waals surface area contributed by atoms with Crippen molar-refractivity contribution in [2.24, 2.45) is 0 Å². The Kier molecular flexibility index (Phi) is 4.82. The molecule has 0 amide bonds. The van der Waals surface area contributed by atoms with E-state index in [0.717, 1.165) is 8.45 Å². The zero-order valence-electron chi connectivity index (χ0n) is 10.2. The Labute approximate surface area is 130 Å². The van der Waals surface area contributed by atoms with Crippen LogP contribution >= 0.6 is 33.9 Å². The molecule has 19 heavy (non-hydrogen) atoms. The summed E-state index contributed by atoms with van der Waals surface area (Å²) in [6.45, 7) is 0.670. The van der Waals surface area contributed by atoms with Crippen LogP contribution in [0.5, 0.6) is 0 Å². The highest BCUT2D eigenvalue weighted by Gasteiger charge is 2.17. The van der Waals surface area contributed by atoms with E-state index in [-0.39, 0.29) is 0 Å². The Hall–Kier alpha value is -0.640. The van der Waals surface area contributed by atoms with Gasteiger partial charge in [0.2, 0.25) is 0 Å². The lowest BCUT2D eigenvalue weighted by molar-refractivity contribution is 0.603. The van der Waals surface area contributed by atoms with Gasteiger partial charge in [0.05, 0.1) is 5.69 Å². The van der Waals surface area contributed by atoms with Crippen LogP contribution in [-0.2, 0) is 16.6 Å². The van der Waals surface area contributed by atoms with E-state index in [1.54, 1.807) is 18.2 Å². The first-order chi connectivity index (χ1) is 9.03. The molecule has 1 heterocycles. The van der Waals surface area contributed by atoms with Crippen LogP contribution < -0.4 is 10.0 Å². The second-order valence-electron chi connectivity index (χ2n) is 3.84. The van der Waals surface area contributed by atoms with Crippen LogP contribution in [0.3, 0.4) is 0 Å². The van der Waals surface area contributed by atoms with Gasteiger partial charge in [-0.1, -0.05) is 12.1 Å². The number of thiophene rings is 1. The van der Waals surface area contributed by atoms with E-state index < -0.39 is 10.0 Å². The van der Waals surface area contributed by atoms with Gasteiger partial charge in [0.25, 0.3) is 10.0 Å². The summed E-state index contributed by atoms with van der Waals surface area (Å²) in [7, 11) is -1.67. The molecule has 0 aliphatic carbocycles. The van der Waals surface area contributed by atoms with E-state index in [1.165, 1.54) is 11.3 Å². The summed E-state index contributed by atoms with van der Waals surface area (Å²) in [5.41, 5.74) is 0.603. The second-order valence-corrected chi connectivity index (χ2v) is 8.08. The second kappa shape index (κ2) is 6.21. The van der Waals surface area contributed by atoms with Gasteiger partial charge in [-0.15, -0.1) is 11.3 Å². The first-order valence-corrected chi connectivity index (χ1v) is 8.91. The minimum atomic E-state index is -3.50. The molecule has 0 aliphatic rings. The Balaban J connectivity index is 2.25. The van der Waals surface area contributed by atoms with Crippen LogP contribution in [0, 0.1) is 3.57 Å². The summed E-state index contributed by atoms with van der Waals surface area (Å²) in [5.74, 6) is 0. The lowest BCUT2D eigenvalue weighted by Crippen LogP contribution is -2.12. The Bertz CT molecular complexity index is 668. The van der Waals surface area contributed by atoms with Gasteiger partial charge >= 0.3 is 0 Å². The lowest BCUT2D eigenvalue weighted by atomic mass is 10.3. The molecule has 7 heteroatoms. The van der Waals surface area contributed by atoms with Crippen LogP contribution in [-0.4, -0.2) is 15.5 Å². The maximum absolute atomic E-state index is 12.2. The molecule has 0 saturated heterocycles. The summed E-state index contributed by atoms with van der Waals surface area (Å²) in [6.07, 6.45) is 0. The van der Waals surface area contributed by atoms with Crippen molar-refractivity contribution in [3.8, 4) is 0 Å². The number of benzene rings is 1. The molecule has 0 spiro atoms. The standard InChI is InChI=1S/C12H13IN2O2S2/c1-14-8-9-6-7-12(18-9)19(16,17)15-11-5-3-2-4-10(11)13/h2-7,14-15H,8H2,1H3. The van der Waals surface area contributed by atoms with Gasteiger partial charge < -0.3 is 5.32 Å². The molecule has 0 fully saturated rings. The van der Waals surface area contributed by atoms with E-state index in [1.807, 2.05) is 25.2 Å². The van der Waals surface area contributed by atoms with E-state index in [9.17, 15) is 8.42 Å². The van der Waals surface area contributed by atoms with Gasteiger partial charge in [0.15, 0.2) is 0 Å². The maximum Gasteiger partial charge on any atom is 0.271 e. The van der Waals surface area contributed by atoms with Crippen LogP contribution in [0.15, 0.2) is 40.6 Å². The number of nitrogens with one attached hydrogen (secondary N) is 2. The molecule has 2 rings (SSSR count). The van der Waals surface area contributed by atoms with Crippen LogP contribution in [0.1, 0.15) is 4.88 Å². The first kappa shape index (κ1) is 14.8. The Morgan fingerprint density at radius 3 is 2.63 bits per heavy atom. The van der Waals surface area contributed by atoms with Crippen LogP contribution in [0.2, 0.25) is 0 Å². The summed E-state index contributed by atoms with van der Waals surface area (Å²) < 4.78 is 28.3. The molecule has 0 aliphatic heterocycles. The number of para-hydroxylation sites is 1. The van der Waals surface area contributed by atoms with Gasteiger partial charge in [-0.25, -0.2) is 8.42 Å².